The number of piperidine rings is 1. The SMILES string of the molecule is OC(CNC1CCN(CCc2ccccc2)CC1)C(F)F. The molecule has 1 aromatic carbocycles. The number of aliphatic hydroxyl groups excluding tert-OH is 1. The fourth-order valence-electron chi connectivity index (χ4n) is 2.67. The van der Waals surface area contributed by atoms with E-state index in [0.29, 0.717) is 0 Å². The summed E-state index contributed by atoms with van der Waals surface area (Å²) >= 11 is 0. The van der Waals surface area contributed by atoms with E-state index in [0.717, 1.165) is 38.9 Å². The average molecular weight is 298 g/mol. The van der Waals surface area contributed by atoms with E-state index in [1.807, 2.05) is 6.07 Å². The Bertz CT molecular complexity index is 395. The first-order valence-corrected chi connectivity index (χ1v) is 7.61. The van der Waals surface area contributed by atoms with Crippen LogP contribution in [0, 0.1) is 0 Å². The Morgan fingerprint density at radius 3 is 2.48 bits per heavy atom. The smallest absolute Gasteiger partial charge is 0.265 e. The molecule has 21 heavy (non-hydrogen) atoms. The third-order valence-electron chi connectivity index (χ3n) is 4.05. The number of hydrogen-bond donors (Lipinski definition) is 2. The molecule has 0 bridgehead atoms. The normalized spacial score (nSPS) is 19.0. The van der Waals surface area contributed by atoms with Gasteiger partial charge in [0.2, 0.25) is 0 Å². The van der Waals surface area contributed by atoms with E-state index >= 15 is 0 Å². The molecule has 1 atom stereocenters. The fraction of sp³-hybridized carbons (Fsp3) is 0.625. The largest absolute Gasteiger partial charge is 0.386 e. The van der Waals surface area contributed by atoms with Crippen LogP contribution in [0.4, 0.5) is 8.78 Å². The van der Waals surface area contributed by atoms with Crippen LogP contribution in [0.15, 0.2) is 30.3 Å². The Labute approximate surface area is 125 Å². The third kappa shape index (κ3) is 5.69. The van der Waals surface area contributed by atoms with Crippen molar-refractivity contribution in [2.24, 2.45) is 0 Å². The van der Waals surface area contributed by atoms with Gasteiger partial charge in [-0.1, -0.05) is 30.3 Å². The maximum absolute atomic E-state index is 12.2. The van der Waals surface area contributed by atoms with Crippen molar-refractivity contribution in [2.75, 3.05) is 26.2 Å². The van der Waals surface area contributed by atoms with Gasteiger partial charge in [0, 0.05) is 19.1 Å². The van der Waals surface area contributed by atoms with Crippen LogP contribution in [0.2, 0.25) is 0 Å². The Morgan fingerprint density at radius 2 is 1.86 bits per heavy atom. The number of aliphatic hydroxyl groups is 1. The highest BCUT2D eigenvalue weighted by molar-refractivity contribution is 5.14. The van der Waals surface area contributed by atoms with Crippen molar-refractivity contribution in [1.29, 1.82) is 0 Å². The summed E-state index contributed by atoms with van der Waals surface area (Å²) in [6.45, 7) is 2.98. The molecule has 118 valence electrons. The molecule has 2 N–H and O–H groups in total. The van der Waals surface area contributed by atoms with Gasteiger partial charge in [0.15, 0.2) is 0 Å². The van der Waals surface area contributed by atoms with E-state index in [4.69, 9.17) is 5.11 Å². The number of nitrogens with zero attached hydrogens (tertiary/aromatic N) is 1. The lowest BCUT2D eigenvalue weighted by molar-refractivity contribution is -0.00569. The van der Waals surface area contributed by atoms with Crippen molar-refractivity contribution in [2.45, 2.75) is 37.8 Å². The van der Waals surface area contributed by atoms with E-state index < -0.39 is 12.5 Å². The summed E-state index contributed by atoms with van der Waals surface area (Å²) in [6.07, 6.45) is -1.28. The molecule has 2 rings (SSSR count). The molecule has 5 heteroatoms. The van der Waals surface area contributed by atoms with Crippen molar-refractivity contribution >= 4 is 0 Å². The van der Waals surface area contributed by atoms with Gasteiger partial charge < -0.3 is 15.3 Å². The molecule has 0 aromatic heterocycles. The first kappa shape index (κ1) is 16.3. The van der Waals surface area contributed by atoms with Crippen LogP contribution in [0.5, 0.6) is 0 Å². The Kier molecular flexibility index (Phi) is 6.54. The highest BCUT2D eigenvalue weighted by atomic mass is 19.3. The predicted octanol–water partition coefficient (Wildman–Crippen LogP) is 1.91. The van der Waals surface area contributed by atoms with Gasteiger partial charge in [-0.2, -0.15) is 0 Å². The summed E-state index contributed by atoms with van der Waals surface area (Å²) in [5.74, 6) is 0. The molecule has 0 aliphatic carbocycles. The van der Waals surface area contributed by atoms with Crippen LogP contribution in [-0.4, -0.2) is 54.8 Å². The van der Waals surface area contributed by atoms with Crippen molar-refractivity contribution < 1.29 is 13.9 Å². The zero-order valence-electron chi connectivity index (χ0n) is 12.2. The lowest BCUT2D eigenvalue weighted by Crippen LogP contribution is -2.46. The number of likely N-dealkylation sites (tertiary alicyclic amines) is 1. The van der Waals surface area contributed by atoms with Gasteiger partial charge in [0.25, 0.3) is 6.43 Å². The maximum Gasteiger partial charge on any atom is 0.265 e. The van der Waals surface area contributed by atoms with E-state index in [-0.39, 0.29) is 12.6 Å². The van der Waals surface area contributed by atoms with Crippen LogP contribution in [0.25, 0.3) is 0 Å². The molecule has 3 nitrogen and oxygen atoms in total. The number of rotatable bonds is 7. The predicted molar refractivity (Wildman–Crippen MR) is 79.6 cm³/mol. The van der Waals surface area contributed by atoms with E-state index in [1.54, 1.807) is 0 Å². The topological polar surface area (TPSA) is 35.5 Å². The van der Waals surface area contributed by atoms with Gasteiger partial charge in [-0.25, -0.2) is 8.78 Å². The zero-order valence-corrected chi connectivity index (χ0v) is 12.2. The van der Waals surface area contributed by atoms with Gasteiger partial charge in [-0.15, -0.1) is 0 Å². The first-order chi connectivity index (χ1) is 10.1. The summed E-state index contributed by atoms with van der Waals surface area (Å²) in [4.78, 5) is 2.41. The molecule has 1 unspecified atom stereocenters. The number of alkyl halides is 2. The van der Waals surface area contributed by atoms with Gasteiger partial charge in [-0.3, -0.25) is 0 Å². The van der Waals surface area contributed by atoms with Gasteiger partial charge in [0.1, 0.15) is 6.10 Å². The van der Waals surface area contributed by atoms with Crippen LogP contribution >= 0.6 is 0 Å². The summed E-state index contributed by atoms with van der Waals surface area (Å²) in [5.41, 5.74) is 1.35. The molecule has 0 spiro atoms. The molecule has 0 radical (unpaired) electrons. The summed E-state index contributed by atoms with van der Waals surface area (Å²) in [5, 5.41) is 12.1. The van der Waals surface area contributed by atoms with E-state index in [9.17, 15) is 8.78 Å². The summed E-state index contributed by atoms with van der Waals surface area (Å²) in [6, 6.07) is 10.7. The van der Waals surface area contributed by atoms with Crippen LogP contribution in [0.1, 0.15) is 18.4 Å². The monoisotopic (exact) mass is 298 g/mol. The lowest BCUT2D eigenvalue weighted by Gasteiger charge is -2.32. The summed E-state index contributed by atoms with van der Waals surface area (Å²) < 4.78 is 24.4. The highest BCUT2D eigenvalue weighted by Gasteiger charge is 2.22. The number of halogens is 2. The van der Waals surface area contributed by atoms with E-state index in [2.05, 4.69) is 34.5 Å². The molecule has 1 heterocycles. The molecule has 1 aliphatic heterocycles. The first-order valence-electron chi connectivity index (χ1n) is 7.61. The van der Waals surface area contributed by atoms with Crippen molar-refractivity contribution in [1.82, 2.24) is 10.2 Å². The van der Waals surface area contributed by atoms with Crippen molar-refractivity contribution in [3.63, 3.8) is 0 Å². The average Bonchev–Trinajstić information content (AvgIpc) is 2.52. The van der Waals surface area contributed by atoms with Gasteiger partial charge >= 0.3 is 0 Å². The second-order valence-corrected chi connectivity index (χ2v) is 5.66. The molecule has 0 saturated carbocycles. The molecule has 1 fully saturated rings. The van der Waals surface area contributed by atoms with Gasteiger partial charge in [0.05, 0.1) is 0 Å². The Balaban J connectivity index is 1.62. The number of hydrogen-bond acceptors (Lipinski definition) is 3. The number of nitrogens with one attached hydrogen (secondary N) is 1. The second-order valence-electron chi connectivity index (χ2n) is 5.66. The quantitative estimate of drug-likeness (QED) is 0.807. The molecule has 1 aromatic rings. The Morgan fingerprint density at radius 1 is 1.19 bits per heavy atom. The van der Waals surface area contributed by atoms with E-state index in [1.165, 1.54) is 5.56 Å². The molecule has 0 amide bonds. The molecular weight excluding hydrogens is 274 g/mol. The minimum absolute atomic E-state index is 0.0215. The maximum atomic E-state index is 12.2. The Hall–Kier alpha value is -1.04. The second kappa shape index (κ2) is 8.41. The lowest BCUT2D eigenvalue weighted by atomic mass is 10.0. The van der Waals surface area contributed by atoms with Crippen LogP contribution < -0.4 is 5.32 Å². The minimum atomic E-state index is -2.66. The van der Waals surface area contributed by atoms with Crippen LogP contribution in [-0.2, 0) is 6.42 Å². The zero-order chi connectivity index (χ0) is 15.1. The fourth-order valence-corrected chi connectivity index (χ4v) is 2.67. The molecule has 1 saturated heterocycles. The summed E-state index contributed by atoms with van der Waals surface area (Å²) in [7, 11) is 0. The van der Waals surface area contributed by atoms with Crippen molar-refractivity contribution in [3.05, 3.63) is 35.9 Å². The third-order valence-corrected chi connectivity index (χ3v) is 4.05. The number of benzene rings is 1. The van der Waals surface area contributed by atoms with Crippen LogP contribution in [0.3, 0.4) is 0 Å². The molecule has 1 aliphatic rings. The minimum Gasteiger partial charge on any atom is -0.386 e. The molecular formula is C16H24F2N2O. The standard InChI is InChI=1S/C16H24F2N2O/c17-16(18)15(21)12-19-14-7-10-20(11-8-14)9-6-13-4-2-1-3-5-13/h1-5,14-16,19,21H,6-12H2. The highest BCUT2D eigenvalue weighted by Crippen LogP contribution is 2.12. The van der Waals surface area contributed by atoms with Gasteiger partial charge in [-0.05, 0) is 37.9 Å². The van der Waals surface area contributed by atoms with Crippen molar-refractivity contribution in [3.8, 4) is 0 Å².